The second-order valence-electron chi connectivity index (χ2n) is 4.44. The zero-order chi connectivity index (χ0) is 16.3. The molecule has 0 fully saturated rings. The van der Waals surface area contributed by atoms with Crippen molar-refractivity contribution in [2.75, 3.05) is 18.5 Å². The molecule has 1 aromatic rings. The third-order valence-electron chi connectivity index (χ3n) is 2.41. The number of rotatable bonds is 6. The van der Waals surface area contributed by atoms with Crippen LogP contribution in [0.1, 0.15) is 13.8 Å². The number of halogens is 4. The van der Waals surface area contributed by atoms with E-state index >= 15 is 0 Å². The van der Waals surface area contributed by atoms with Crippen molar-refractivity contribution in [1.29, 1.82) is 0 Å². The molecule has 0 saturated heterocycles. The summed E-state index contributed by atoms with van der Waals surface area (Å²) >= 11 is 0. The maximum atomic E-state index is 13.1. The summed E-state index contributed by atoms with van der Waals surface area (Å²) in [4.78, 5) is -1.14. The molecule has 120 valence electrons. The van der Waals surface area contributed by atoms with Gasteiger partial charge in [-0.05, 0) is 32.0 Å². The van der Waals surface area contributed by atoms with E-state index < -0.39 is 26.1 Å². The van der Waals surface area contributed by atoms with Crippen LogP contribution in [0, 0.1) is 5.82 Å². The smallest absolute Gasteiger partial charge is 0.382 e. The lowest BCUT2D eigenvalue weighted by Crippen LogP contribution is -2.25. The fraction of sp³-hybridized carbons (Fsp3) is 0.500. The van der Waals surface area contributed by atoms with E-state index in [1.54, 1.807) is 13.8 Å². The van der Waals surface area contributed by atoms with Crippen LogP contribution >= 0.6 is 0 Å². The second-order valence-corrected chi connectivity index (χ2v) is 6.35. The van der Waals surface area contributed by atoms with Gasteiger partial charge in [0.15, 0.2) is 0 Å². The van der Waals surface area contributed by atoms with E-state index in [4.69, 9.17) is 4.74 Å². The summed E-state index contributed by atoms with van der Waals surface area (Å²) in [6, 6.07) is 2.17. The van der Waals surface area contributed by atoms with Crippen molar-refractivity contribution in [1.82, 2.24) is 0 Å². The van der Waals surface area contributed by atoms with Crippen LogP contribution in [0.3, 0.4) is 0 Å². The molecule has 0 aliphatic rings. The van der Waals surface area contributed by atoms with Crippen molar-refractivity contribution in [3.05, 3.63) is 24.0 Å². The van der Waals surface area contributed by atoms with Crippen LogP contribution in [0.25, 0.3) is 0 Å². The molecule has 0 spiro atoms. The molecular weight excluding hydrogens is 314 g/mol. The Morgan fingerprint density at radius 3 is 2.43 bits per heavy atom. The summed E-state index contributed by atoms with van der Waals surface area (Å²) < 4.78 is 78.7. The Balaban J connectivity index is 3.01. The lowest BCUT2D eigenvalue weighted by atomic mass is 10.3. The average molecular weight is 329 g/mol. The number of nitrogens with one attached hydrogen (secondary N) is 1. The molecule has 0 radical (unpaired) electrons. The van der Waals surface area contributed by atoms with Gasteiger partial charge < -0.3 is 10.1 Å². The number of ether oxygens (including phenoxy) is 1. The molecule has 1 N–H and O–H groups in total. The van der Waals surface area contributed by atoms with Crippen molar-refractivity contribution in [2.24, 2.45) is 0 Å². The molecule has 0 bridgehead atoms. The van der Waals surface area contributed by atoms with Gasteiger partial charge in [-0.15, -0.1) is 0 Å². The summed E-state index contributed by atoms with van der Waals surface area (Å²) in [5.74, 6) is -1.07. The van der Waals surface area contributed by atoms with Crippen LogP contribution in [0.2, 0.25) is 0 Å². The normalized spacial score (nSPS) is 12.7. The number of sulfone groups is 1. The molecule has 4 nitrogen and oxygen atoms in total. The highest BCUT2D eigenvalue weighted by Gasteiger charge is 2.48. The van der Waals surface area contributed by atoms with E-state index in [1.807, 2.05) is 0 Å². The fourth-order valence-corrected chi connectivity index (χ4v) is 2.42. The minimum absolute atomic E-state index is 0.0709. The quantitative estimate of drug-likeness (QED) is 0.644. The van der Waals surface area contributed by atoms with Crippen molar-refractivity contribution >= 4 is 15.5 Å². The maximum Gasteiger partial charge on any atom is 0.501 e. The molecule has 0 heterocycles. The maximum absolute atomic E-state index is 13.1. The molecule has 0 amide bonds. The molecule has 0 saturated carbocycles. The third kappa shape index (κ3) is 4.57. The highest BCUT2D eigenvalue weighted by molar-refractivity contribution is 7.92. The van der Waals surface area contributed by atoms with Gasteiger partial charge in [0.05, 0.1) is 18.4 Å². The van der Waals surface area contributed by atoms with Gasteiger partial charge in [-0.1, -0.05) is 0 Å². The summed E-state index contributed by atoms with van der Waals surface area (Å²) in [5, 5.41) is 2.50. The average Bonchev–Trinajstić information content (AvgIpc) is 2.34. The van der Waals surface area contributed by atoms with E-state index in [-0.39, 0.29) is 24.9 Å². The highest BCUT2D eigenvalue weighted by atomic mass is 32.2. The fourth-order valence-electron chi connectivity index (χ4n) is 1.47. The monoisotopic (exact) mass is 329 g/mol. The lowest BCUT2D eigenvalue weighted by molar-refractivity contribution is -0.0435. The van der Waals surface area contributed by atoms with Crippen LogP contribution in [0.5, 0.6) is 0 Å². The van der Waals surface area contributed by atoms with Gasteiger partial charge in [-0.25, -0.2) is 12.8 Å². The second kappa shape index (κ2) is 6.61. The first-order chi connectivity index (χ1) is 9.55. The van der Waals surface area contributed by atoms with Gasteiger partial charge in [0, 0.05) is 6.54 Å². The summed E-state index contributed by atoms with van der Waals surface area (Å²) in [6.07, 6.45) is -0.0709. The number of benzene rings is 1. The Morgan fingerprint density at radius 2 is 1.90 bits per heavy atom. The van der Waals surface area contributed by atoms with Crippen molar-refractivity contribution in [3.8, 4) is 0 Å². The van der Waals surface area contributed by atoms with Crippen molar-refractivity contribution in [3.63, 3.8) is 0 Å². The summed E-state index contributed by atoms with van der Waals surface area (Å²) in [6.45, 7) is 3.81. The minimum Gasteiger partial charge on any atom is -0.382 e. The molecule has 9 heteroatoms. The largest absolute Gasteiger partial charge is 0.501 e. The van der Waals surface area contributed by atoms with Gasteiger partial charge in [0.1, 0.15) is 10.7 Å². The third-order valence-corrected chi connectivity index (χ3v) is 3.93. The SMILES string of the molecule is CC(C)OCCNc1ccc(F)cc1S(=O)(=O)C(F)(F)F. The first kappa shape index (κ1) is 17.7. The van der Waals surface area contributed by atoms with Crippen LogP contribution in [0.15, 0.2) is 23.1 Å². The Morgan fingerprint density at radius 1 is 1.29 bits per heavy atom. The highest BCUT2D eigenvalue weighted by Crippen LogP contribution is 2.34. The van der Waals surface area contributed by atoms with Gasteiger partial charge in [0.25, 0.3) is 9.84 Å². The molecule has 21 heavy (non-hydrogen) atoms. The summed E-state index contributed by atoms with van der Waals surface area (Å²) in [7, 11) is -5.63. The van der Waals surface area contributed by atoms with E-state index in [1.165, 1.54) is 0 Å². The molecule has 0 atom stereocenters. The lowest BCUT2D eigenvalue weighted by Gasteiger charge is -2.15. The van der Waals surface area contributed by atoms with Gasteiger partial charge in [0.2, 0.25) is 0 Å². The van der Waals surface area contributed by atoms with Crippen molar-refractivity contribution < 1.29 is 30.7 Å². The van der Waals surface area contributed by atoms with Gasteiger partial charge >= 0.3 is 5.51 Å². The zero-order valence-electron chi connectivity index (χ0n) is 11.4. The Hall–Kier alpha value is -1.35. The number of hydrogen-bond donors (Lipinski definition) is 1. The standard InChI is InChI=1S/C12H15F4NO3S/c1-8(2)20-6-5-17-10-4-3-9(13)7-11(10)21(18,19)12(14,15)16/h3-4,7-8,17H,5-6H2,1-2H3. The van der Waals surface area contributed by atoms with E-state index in [0.717, 1.165) is 12.1 Å². The van der Waals surface area contributed by atoms with Gasteiger partial charge in [-0.2, -0.15) is 13.2 Å². The minimum atomic E-state index is -5.63. The van der Waals surface area contributed by atoms with Crippen LogP contribution in [-0.2, 0) is 14.6 Å². The number of anilines is 1. The Bertz CT molecular complexity index is 585. The molecular formula is C12H15F4NO3S. The number of alkyl halides is 3. The summed E-state index contributed by atoms with van der Waals surface area (Å²) in [5.41, 5.74) is -5.81. The molecule has 0 unspecified atom stereocenters. The van der Waals surface area contributed by atoms with Crippen LogP contribution < -0.4 is 5.32 Å². The van der Waals surface area contributed by atoms with Crippen molar-refractivity contribution in [2.45, 2.75) is 30.4 Å². The number of hydrogen-bond acceptors (Lipinski definition) is 4. The molecule has 1 rings (SSSR count). The van der Waals surface area contributed by atoms with E-state index in [2.05, 4.69) is 5.32 Å². The van der Waals surface area contributed by atoms with E-state index in [9.17, 15) is 26.0 Å². The molecule has 0 aliphatic heterocycles. The Kier molecular flexibility index (Phi) is 5.57. The molecule has 0 aliphatic carbocycles. The van der Waals surface area contributed by atoms with Crippen LogP contribution in [0.4, 0.5) is 23.2 Å². The first-order valence-electron chi connectivity index (χ1n) is 6.02. The molecule has 0 aromatic heterocycles. The Labute approximate surface area is 120 Å². The zero-order valence-corrected chi connectivity index (χ0v) is 12.2. The first-order valence-corrected chi connectivity index (χ1v) is 7.50. The molecule has 1 aromatic carbocycles. The predicted molar refractivity (Wildman–Crippen MR) is 69.2 cm³/mol. The topological polar surface area (TPSA) is 55.4 Å². The van der Waals surface area contributed by atoms with Gasteiger partial charge in [-0.3, -0.25) is 0 Å². The van der Waals surface area contributed by atoms with E-state index in [0.29, 0.717) is 6.07 Å². The predicted octanol–water partition coefficient (Wildman–Crippen LogP) is 2.96. The van der Waals surface area contributed by atoms with Crippen LogP contribution in [-0.4, -0.2) is 33.2 Å².